The largest absolute Gasteiger partial charge is 0.317 e. The molecule has 2 heterocycles. The molecule has 0 N–H and O–H groups in total. The van der Waals surface area contributed by atoms with Crippen LogP contribution in [0.15, 0.2) is 0 Å². The lowest BCUT2D eigenvalue weighted by molar-refractivity contribution is -0.960. The highest BCUT2D eigenvalue weighted by atomic mass is 15.5. The van der Waals surface area contributed by atoms with E-state index >= 15 is 0 Å². The zero-order valence-electron chi connectivity index (χ0n) is 11.0. The second-order valence-electron chi connectivity index (χ2n) is 6.03. The van der Waals surface area contributed by atoms with Crippen molar-refractivity contribution < 1.29 is 4.48 Å². The van der Waals surface area contributed by atoms with Gasteiger partial charge in [-0.05, 0) is 34.6 Å². The van der Waals surface area contributed by atoms with E-state index in [2.05, 4.69) is 39.5 Å². The Kier molecular flexibility index (Phi) is 2.85. The number of quaternary nitrogens is 1. The van der Waals surface area contributed by atoms with Crippen LogP contribution in [0.4, 0.5) is 0 Å². The Labute approximate surface area is 94.8 Å². The van der Waals surface area contributed by atoms with Crippen LogP contribution in [-0.2, 0) is 0 Å². The fraction of sp³-hybridized carbons (Fsp3) is 1.00. The monoisotopic (exact) mass is 211 g/mol. The molecule has 2 aliphatic heterocycles. The van der Waals surface area contributed by atoms with Crippen molar-refractivity contribution >= 4 is 0 Å². The summed E-state index contributed by atoms with van der Waals surface area (Å²) in [4.78, 5) is 2.72. The molecule has 0 aromatic carbocycles. The molecule has 0 aromatic rings. The van der Waals surface area contributed by atoms with Crippen molar-refractivity contribution in [1.29, 1.82) is 0 Å². The second-order valence-corrected chi connectivity index (χ2v) is 6.03. The highest BCUT2D eigenvalue weighted by Gasteiger charge is 2.55. The van der Waals surface area contributed by atoms with Crippen molar-refractivity contribution in [2.24, 2.45) is 0 Å². The third kappa shape index (κ3) is 1.53. The van der Waals surface area contributed by atoms with Gasteiger partial charge in [0.25, 0.3) is 0 Å². The van der Waals surface area contributed by atoms with Crippen LogP contribution in [0.1, 0.15) is 41.0 Å². The molecule has 0 aliphatic carbocycles. The Bertz CT molecular complexity index is 237. The van der Waals surface area contributed by atoms with Gasteiger partial charge in [0.05, 0.1) is 31.7 Å². The van der Waals surface area contributed by atoms with Gasteiger partial charge in [-0.1, -0.05) is 0 Å². The zero-order chi connectivity index (χ0) is 11.2. The fourth-order valence-corrected chi connectivity index (χ4v) is 4.03. The molecule has 2 bridgehead atoms. The van der Waals surface area contributed by atoms with Crippen LogP contribution < -0.4 is 0 Å². The lowest BCUT2D eigenvalue weighted by atomic mass is 10.1. The molecule has 2 saturated heterocycles. The first kappa shape index (κ1) is 11.4. The molecular weight excluding hydrogens is 184 g/mol. The molecule has 15 heavy (non-hydrogen) atoms. The minimum Gasteiger partial charge on any atom is -0.317 e. The van der Waals surface area contributed by atoms with E-state index in [0.29, 0.717) is 0 Å². The summed E-state index contributed by atoms with van der Waals surface area (Å²) in [5.41, 5.74) is 0. The number of likely N-dealkylation sites (N-methyl/N-ethyl adjacent to an activating group) is 1. The first-order valence-corrected chi connectivity index (χ1v) is 6.63. The van der Waals surface area contributed by atoms with Crippen molar-refractivity contribution in [1.82, 2.24) is 4.90 Å². The lowest BCUT2D eigenvalue weighted by Crippen LogP contribution is -2.63. The summed E-state index contributed by atoms with van der Waals surface area (Å²) in [5.74, 6) is 0. The van der Waals surface area contributed by atoms with Crippen molar-refractivity contribution in [3.8, 4) is 0 Å². The number of nitrogens with zero attached hydrogens (tertiary/aromatic N) is 2. The molecule has 3 atom stereocenters. The summed E-state index contributed by atoms with van der Waals surface area (Å²) >= 11 is 0. The summed E-state index contributed by atoms with van der Waals surface area (Å²) in [6.45, 7) is 15.9. The van der Waals surface area contributed by atoms with Gasteiger partial charge in [0.15, 0.2) is 0 Å². The molecule has 2 heteroatoms. The topological polar surface area (TPSA) is 3.24 Å². The molecule has 88 valence electrons. The second kappa shape index (κ2) is 3.74. The Balaban J connectivity index is 2.13. The van der Waals surface area contributed by atoms with E-state index in [1.807, 2.05) is 0 Å². The molecule has 0 saturated carbocycles. The predicted octanol–water partition coefficient (Wildman–Crippen LogP) is 2.10. The van der Waals surface area contributed by atoms with Crippen LogP contribution in [0.25, 0.3) is 0 Å². The Morgan fingerprint density at radius 1 is 1.27 bits per heavy atom. The molecule has 1 unspecified atom stereocenters. The summed E-state index contributed by atoms with van der Waals surface area (Å²) in [5, 5.41) is 0. The van der Waals surface area contributed by atoms with E-state index in [9.17, 15) is 0 Å². The van der Waals surface area contributed by atoms with Gasteiger partial charge in [-0.25, -0.2) is 0 Å². The van der Waals surface area contributed by atoms with Crippen LogP contribution in [-0.4, -0.2) is 53.2 Å². The molecule has 0 aromatic heterocycles. The van der Waals surface area contributed by atoms with Crippen LogP contribution in [0.2, 0.25) is 0 Å². The van der Waals surface area contributed by atoms with Gasteiger partial charge in [-0.15, -0.1) is 0 Å². The van der Waals surface area contributed by atoms with Gasteiger partial charge in [0.1, 0.15) is 6.04 Å². The summed E-state index contributed by atoms with van der Waals surface area (Å²) in [7, 11) is 0. The van der Waals surface area contributed by atoms with Gasteiger partial charge in [0, 0.05) is 12.5 Å². The standard InChI is InChI=1S/C13H27N2/c1-6-15(11(4)5)9-12-7-13(15)8-14(12)10(2)3/h10-13H,6-9H2,1-5H3/q+1/t12-,13-,15?/m0/s1. The maximum atomic E-state index is 2.72. The summed E-state index contributed by atoms with van der Waals surface area (Å²) in [6.07, 6.45) is 1.45. The average Bonchev–Trinajstić information content (AvgIpc) is 2.73. The third-order valence-electron chi connectivity index (χ3n) is 4.99. The number of hydrogen-bond acceptors (Lipinski definition) is 1. The molecule has 2 fully saturated rings. The SMILES string of the molecule is CC[N+]1(C(C)C)C[C@@H]2C[C@H]1CN2C(C)C. The first-order chi connectivity index (χ1) is 7.01. The Morgan fingerprint density at radius 3 is 2.27 bits per heavy atom. The average molecular weight is 211 g/mol. The number of hydrogen-bond donors (Lipinski definition) is 0. The molecule has 0 amide bonds. The smallest absolute Gasteiger partial charge is 0.104 e. The summed E-state index contributed by atoms with van der Waals surface area (Å²) < 4.78 is 1.38. The highest BCUT2D eigenvalue weighted by Crippen LogP contribution is 2.39. The first-order valence-electron chi connectivity index (χ1n) is 6.63. The van der Waals surface area contributed by atoms with Crippen LogP contribution in [0.5, 0.6) is 0 Å². The van der Waals surface area contributed by atoms with Gasteiger partial charge in [-0.2, -0.15) is 0 Å². The quantitative estimate of drug-likeness (QED) is 0.646. The van der Waals surface area contributed by atoms with Crippen molar-refractivity contribution in [3.63, 3.8) is 0 Å². The van der Waals surface area contributed by atoms with E-state index in [-0.39, 0.29) is 0 Å². The minimum absolute atomic E-state index is 0.742. The zero-order valence-corrected chi connectivity index (χ0v) is 11.0. The van der Waals surface area contributed by atoms with Gasteiger partial charge in [-0.3, -0.25) is 4.90 Å². The van der Waals surface area contributed by atoms with E-state index < -0.39 is 0 Å². The van der Waals surface area contributed by atoms with Gasteiger partial charge in [0.2, 0.25) is 0 Å². The normalized spacial score (nSPS) is 41.0. The third-order valence-corrected chi connectivity index (χ3v) is 4.99. The van der Waals surface area contributed by atoms with Gasteiger partial charge < -0.3 is 4.48 Å². The van der Waals surface area contributed by atoms with Crippen LogP contribution in [0, 0.1) is 0 Å². The maximum Gasteiger partial charge on any atom is 0.104 e. The molecule has 2 nitrogen and oxygen atoms in total. The lowest BCUT2D eigenvalue weighted by Gasteiger charge is -2.48. The maximum absolute atomic E-state index is 2.72. The number of rotatable bonds is 3. The van der Waals surface area contributed by atoms with Gasteiger partial charge >= 0.3 is 0 Å². The molecule has 2 rings (SSSR count). The molecular formula is C13H27N2+. The molecule has 0 radical (unpaired) electrons. The fourth-order valence-electron chi connectivity index (χ4n) is 4.03. The van der Waals surface area contributed by atoms with Crippen molar-refractivity contribution in [2.45, 2.75) is 65.2 Å². The van der Waals surface area contributed by atoms with E-state index in [1.165, 1.54) is 30.5 Å². The van der Waals surface area contributed by atoms with E-state index in [4.69, 9.17) is 0 Å². The predicted molar refractivity (Wildman–Crippen MR) is 64.8 cm³/mol. The number of fused-ring (bicyclic) bond motifs is 2. The van der Waals surface area contributed by atoms with E-state index in [1.54, 1.807) is 0 Å². The van der Waals surface area contributed by atoms with E-state index in [0.717, 1.165) is 24.2 Å². The highest BCUT2D eigenvalue weighted by molar-refractivity contribution is 4.94. The Hall–Kier alpha value is -0.0800. The molecule has 2 aliphatic rings. The summed E-state index contributed by atoms with van der Waals surface area (Å²) in [6, 6.07) is 3.34. The molecule has 0 spiro atoms. The Morgan fingerprint density at radius 2 is 1.93 bits per heavy atom. The van der Waals surface area contributed by atoms with Crippen LogP contribution >= 0.6 is 0 Å². The van der Waals surface area contributed by atoms with Crippen molar-refractivity contribution in [3.05, 3.63) is 0 Å². The number of likely N-dealkylation sites (tertiary alicyclic amines) is 2. The van der Waals surface area contributed by atoms with Crippen molar-refractivity contribution in [2.75, 3.05) is 19.6 Å². The number of piperazine rings is 1. The van der Waals surface area contributed by atoms with Crippen LogP contribution in [0.3, 0.4) is 0 Å². The minimum atomic E-state index is 0.742.